The van der Waals surface area contributed by atoms with Gasteiger partial charge in [-0.25, -0.2) is 0 Å². The van der Waals surface area contributed by atoms with Crippen molar-refractivity contribution in [2.45, 2.75) is 32.8 Å². The van der Waals surface area contributed by atoms with Crippen LogP contribution in [0.5, 0.6) is 0 Å². The van der Waals surface area contributed by atoms with E-state index in [1.165, 1.54) is 5.56 Å². The predicted molar refractivity (Wildman–Crippen MR) is 114 cm³/mol. The highest BCUT2D eigenvalue weighted by atomic mass is 16.5. The van der Waals surface area contributed by atoms with Gasteiger partial charge in [-0.3, -0.25) is 9.69 Å². The van der Waals surface area contributed by atoms with E-state index in [9.17, 15) is 4.79 Å². The zero-order valence-electron chi connectivity index (χ0n) is 17.1. The van der Waals surface area contributed by atoms with Gasteiger partial charge in [-0.1, -0.05) is 62.4 Å². The van der Waals surface area contributed by atoms with Crippen LogP contribution in [0.15, 0.2) is 54.6 Å². The fourth-order valence-corrected chi connectivity index (χ4v) is 3.77. The molecule has 1 saturated heterocycles. The summed E-state index contributed by atoms with van der Waals surface area (Å²) in [6.45, 7) is 8.70. The monoisotopic (exact) mass is 380 g/mol. The van der Waals surface area contributed by atoms with E-state index in [4.69, 9.17) is 4.74 Å². The molecular weight excluding hydrogens is 348 g/mol. The number of nitrogens with one attached hydrogen (secondary N) is 1. The third-order valence-electron chi connectivity index (χ3n) is 5.12. The van der Waals surface area contributed by atoms with E-state index in [2.05, 4.69) is 54.4 Å². The highest BCUT2D eigenvalue weighted by Gasteiger charge is 2.22. The third kappa shape index (κ3) is 6.18. The van der Waals surface area contributed by atoms with Gasteiger partial charge < -0.3 is 10.1 Å². The molecule has 2 aromatic rings. The Labute approximate surface area is 168 Å². The molecule has 1 fully saturated rings. The Morgan fingerprint density at radius 2 is 1.86 bits per heavy atom. The maximum Gasteiger partial charge on any atom is 0.251 e. The second-order valence-corrected chi connectivity index (χ2v) is 8.00. The van der Waals surface area contributed by atoms with Gasteiger partial charge in [-0.05, 0) is 36.0 Å². The van der Waals surface area contributed by atoms with E-state index in [1.54, 1.807) is 0 Å². The van der Waals surface area contributed by atoms with Gasteiger partial charge in [0.15, 0.2) is 0 Å². The van der Waals surface area contributed by atoms with Gasteiger partial charge in [0.1, 0.15) is 0 Å². The zero-order valence-corrected chi connectivity index (χ0v) is 17.1. The molecule has 4 nitrogen and oxygen atoms in total. The molecule has 0 saturated carbocycles. The Morgan fingerprint density at radius 3 is 2.64 bits per heavy atom. The van der Waals surface area contributed by atoms with Crippen LogP contribution in [0.1, 0.15) is 35.3 Å². The lowest BCUT2D eigenvalue weighted by molar-refractivity contribution is -0.0295. The summed E-state index contributed by atoms with van der Waals surface area (Å²) in [5.41, 5.74) is 3.15. The SMILES string of the molecule is CC(C)CN1CCOC(CNC(=O)c2ccccc2CCc2ccccc2)C1. The fraction of sp³-hybridized carbons (Fsp3) is 0.458. The van der Waals surface area contributed by atoms with Crippen LogP contribution in [0, 0.1) is 5.92 Å². The Kier molecular flexibility index (Phi) is 7.63. The predicted octanol–water partition coefficient (Wildman–Crippen LogP) is 3.56. The summed E-state index contributed by atoms with van der Waals surface area (Å²) in [5, 5.41) is 3.09. The first kappa shape index (κ1) is 20.6. The van der Waals surface area contributed by atoms with Crippen molar-refractivity contribution >= 4 is 5.91 Å². The molecule has 1 unspecified atom stereocenters. The summed E-state index contributed by atoms with van der Waals surface area (Å²) in [6.07, 6.45) is 1.85. The molecule has 1 amide bonds. The van der Waals surface area contributed by atoms with Crippen molar-refractivity contribution < 1.29 is 9.53 Å². The van der Waals surface area contributed by atoms with Crippen LogP contribution in [0.4, 0.5) is 0 Å². The number of rotatable bonds is 8. The lowest BCUT2D eigenvalue weighted by Gasteiger charge is -2.34. The number of carbonyl (C=O) groups excluding carboxylic acids is 1. The Balaban J connectivity index is 1.54. The molecule has 1 N–H and O–H groups in total. The number of morpholine rings is 1. The summed E-state index contributed by atoms with van der Waals surface area (Å²) >= 11 is 0. The molecule has 0 bridgehead atoms. The molecule has 0 aliphatic carbocycles. The molecule has 1 aliphatic rings. The number of amides is 1. The second kappa shape index (κ2) is 10.4. The van der Waals surface area contributed by atoms with Crippen molar-refractivity contribution in [2.24, 2.45) is 5.92 Å². The lowest BCUT2D eigenvalue weighted by Crippen LogP contribution is -2.48. The van der Waals surface area contributed by atoms with E-state index in [-0.39, 0.29) is 12.0 Å². The molecular formula is C24H32N2O2. The average molecular weight is 381 g/mol. The molecule has 0 radical (unpaired) electrons. The smallest absolute Gasteiger partial charge is 0.251 e. The quantitative estimate of drug-likeness (QED) is 0.761. The molecule has 3 rings (SSSR count). The van der Waals surface area contributed by atoms with Crippen LogP contribution in [0.2, 0.25) is 0 Å². The van der Waals surface area contributed by atoms with Crippen molar-refractivity contribution in [3.8, 4) is 0 Å². The number of hydrogen-bond acceptors (Lipinski definition) is 3. The highest BCUT2D eigenvalue weighted by Crippen LogP contribution is 2.13. The Hall–Kier alpha value is -2.17. The Bertz CT molecular complexity index is 745. The van der Waals surface area contributed by atoms with E-state index in [0.717, 1.165) is 50.2 Å². The number of hydrogen-bond donors (Lipinski definition) is 1. The molecule has 1 atom stereocenters. The maximum atomic E-state index is 12.8. The van der Waals surface area contributed by atoms with Gasteiger partial charge in [0.25, 0.3) is 5.91 Å². The van der Waals surface area contributed by atoms with Crippen molar-refractivity contribution in [3.05, 3.63) is 71.3 Å². The topological polar surface area (TPSA) is 41.6 Å². The fourth-order valence-electron chi connectivity index (χ4n) is 3.77. The second-order valence-electron chi connectivity index (χ2n) is 8.00. The summed E-state index contributed by atoms with van der Waals surface area (Å²) in [7, 11) is 0. The van der Waals surface area contributed by atoms with Gasteiger partial charge >= 0.3 is 0 Å². The minimum absolute atomic E-state index is 0.00625. The first-order chi connectivity index (χ1) is 13.6. The zero-order chi connectivity index (χ0) is 19.8. The average Bonchev–Trinajstić information content (AvgIpc) is 2.71. The maximum absolute atomic E-state index is 12.8. The van der Waals surface area contributed by atoms with Crippen molar-refractivity contribution in [1.82, 2.24) is 10.2 Å². The van der Waals surface area contributed by atoms with Crippen LogP contribution in [0.3, 0.4) is 0 Å². The summed E-state index contributed by atoms with van der Waals surface area (Å²) < 4.78 is 5.86. The number of nitrogens with zero attached hydrogens (tertiary/aromatic N) is 1. The summed E-state index contributed by atoms with van der Waals surface area (Å²) in [6, 6.07) is 18.3. The molecule has 150 valence electrons. The van der Waals surface area contributed by atoms with Crippen LogP contribution >= 0.6 is 0 Å². The van der Waals surface area contributed by atoms with Crippen LogP contribution in [-0.2, 0) is 17.6 Å². The van der Waals surface area contributed by atoms with E-state index in [0.29, 0.717) is 12.5 Å². The van der Waals surface area contributed by atoms with E-state index < -0.39 is 0 Å². The minimum Gasteiger partial charge on any atom is -0.374 e. The van der Waals surface area contributed by atoms with Crippen molar-refractivity contribution in [3.63, 3.8) is 0 Å². The molecule has 1 heterocycles. The first-order valence-corrected chi connectivity index (χ1v) is 10.4. The Morgan fingerprint density at radius 1 is 1.11 bits per heavy atom. The van der Waals surface area contributed by atoms with Gasteiger partial charge in [0, 0.05) is 31.7 Å². The van der Waals surface area contributed by atoms with Crippen molar-refractivity contribution in [1.29, 1.82) is 0 Å². The minimum atomic E-state index is -0.00625. The van der Waals surface area contributed by atoms with Crippen molar-refractivity contribution in [2.75, 3.05) is 32.8 Å². The lowest BCUT2D eigenvalue weighted by atomic mass is 9.99. The van der Waals surface area contributed by atoms with Crippen LogP contribution < -0.4 is 5.32 Å². The van der Waals surface area contributed by atoms with Gasteiger partial charge in [0.2, 0.25) is 0 Å². The molecule has 1 aliphatic heterocycles. The molecule has 28 heavy (non-hydrogen) atoms. The summed E-state index contributed by atoms with van der Waals surface area (Å²) in [4.78, 5) is 15.2. The standard InChI is InChI=1S/C24H32N2O2/c1-19(2)17-26-14-15-28-22(18-26)16-25-24(27)23-11-7-6-10-21(23)13-12-20-8-4-3-5-9-20/h3-11,19,22H,12-18H2,1-2H3,(H,25,27). The molecule has 0 spiro atoms. The molecule has 4 heteroatoms. The normalized spacial score (nSPS) is 17.6. The number of ether oxygens (including phenoxy) is 1. The highest BCUT2D eigenvalue weighted by molar-refractivity contribution is 5.95. The van der Waals surface area contributed by atoms with Gasteiger partial charge in [-0.15, -0.1) is 0 Å². The number of benzene rings is 2. The van der Waals surface area contributed by atoms with E-state index >= 15 is 0 Å². The largest absolute Gasteiger partial charge is 0.374 e. The van der Waals surface area contributed by atoms with Crippen LogP contribution in [-0.4, -0.2) is 49.7 Å². The van der Waals surface area contributed by atoms with Crippen LogP contribution in [0.25, 0.3) is 0 Å². The van der Waals surface area contributed by atoms with Gasteiger partial charge in [0.05, 0.1) is 12.7 Å². The molecule has 2 aromatic carbocycles. The van der Waals surface area contributed by atoms with E-state index in [1.807, 2.05) is 24.3 Å². The number of aryl methyl sites for hydroxylation is 2. The molecule has 0 aromatic heterocycles. The first-order valence-electron chi connectivity index (χ1n) is 10.4. The number of carbonyl (C=O) groups is 1. The summed E-state index contributed by atoms with van der Waals surface area (Å²) in [5.74, 6) is 0.637. The van der Waals surface area contributed by atoms with Gasteiger partial charge in [-0.2, -0.15) is 0 Å². The third-order valence-corrected chi connectivity index (χ3v) is 5.12.